The fourth-order valence-corrected chi connectivity index (χ4v) is 3.94. The van der Waals surface area contributed by atoms with Gasteiger partial charge in [0.1, 0.15) is 44.3 Å². The van der Waals surface area contributed by atoms with Crippen molar-refractivity contribution in [2.24, 2.45) is 0 Å². The number of carbonyl (C=O) groups excluding carboxylic acids is 1. The van der Waals surface area contributed by atoms with Crippen molar-refractivity contribution in [1.82, 2.24) is 0 Å². The van der Waals surface area contributed by atoms with Crippen molar-refractivity contribution < 1.29 is 28.8 Å². The number of ketones is 1. The third kappa shape index (κ3) is 3.41. The van der Waals surface area contributed by atoms with Crippen LogP contribution >= 0.6 is 0 Å². The van der Waals surface area contributed by atoms with Gasteiger partial charge in [0.2, 0.25) is 5.78 Å². The van der Waals surface area contributed by atoms with Gasteiger partial charge in [-0.15, -0.1) is 0 Å². The summed E-state index contributed by atoms with van der Waals surface area (Å²) in [5.74, 6) is -0.0203. The molecule has 6 heteroatoms. The Kier molecular flexibility index (Phi) is 4.91. The van der Waals surface area contributed by atoms with Crippen molar-refractivity contribution in [3.8, 4) is 11.5 Å². The third-order valence-electron chi connectivity index (χ3n) is 5.65. The molecule has 0 amide bonds. The summed E-state index contributed by atoms with van der Waals surface area (Å²) in [5.41, 5.74) is 2.08. The number of Topliss-reactive ketones (excluding diaryl/α,β-unsaturated/α-hetero) is 1. The summed E-state index contributed by atoms with van der Waals surface area (Å²) in [6.07, 6.45) is 1.43. The molecule has 0 atom stereocenters. The summed E-state index contributed by atoms with van der Waals surface area (Å²) in [5, 5.41) is 10.6. The van der Waals surface area contributed by atoms with Crippen LogP contribution in [0.15, 0.2) is 36.1 Å². The second kappa shape index (κ2) is 7.37. The van der Waals surface area contributed by atoms with E-state index in [1.807, 2.05) is 0 Å². The van der Waals surface area contributed by atoms with Gasteiger partial charge in [0.15, 0.2) is 11.5 Å². The summed E-state index contributed by atoms with van der Waals surface area (Å²) in [4.78, 5) is 15.8. The van der Waals surface area contributed by atoms with Crippen LogP contribution in [0.4, 0.5) is 4.39 Å². The summed E-state index contributed by atoms with van der Waals surface area (Å²) in [7, 11) is 2.18. The van der Waals surface area contributed by atoms with Crippen molar-refractivity contribution >= 4 is 11.9 Å². The van der Waals surface area contributed by atoms with Gasteiger partial charge in [-0.2, -0.15) is 0 Å². The molecule has 5 nitrogen and oxygen atoms in total. The van der Waals surface area contributed by atoms with Gasteiger partial charge in [-0.3, -0.25) is 4.79 Å². The lowest BCUT2D eigenvalue weighted by molar-refractivity contribution is -1.01. The zero-order valence-corrected chi connectivity index (χ0v) is 16.1. The van der Waals surface area contributed by atoms with Gasteiger partial charge in [0.25, 0.3) is 0 Å². The van der Waals surface area contributed by atoms with E-state index in [9.17, 15) is 14.3 Å². The molecule has 1 fully saturated rings. The SMILES string of the molecule is Cc1cc(O)c(C[NH+]2CC[NH+](C)CC2)c2c1C(=O)/C(=C/c1ccccc1F)O2. The number of ether oxygens (including phenoxy) is 1. The normalized spacial score (nSPS) is 23.0. The molecule has 146 valence electrons. The number of benzene rings is 2. The van der Waals surface area contributed by atoms with Crippen LogP contribution in [0.3, 0.4) is 0 Å². The summed E-state index contributed by atoms with van der Waals surface area (Å²) >= 11 is 0. The highest BCUT2D eigenvalue weighted by Crippen LogP contribution is 2.41. The number of phenolic OH excluding ortho intramolecular Hbond substituents is 1. The zero-order valence-electron chi connectivity index (χ0n) is 16.1. The number of hydrogen-bond acceptors (Lipinski definition) is 3. The molecule has 2 aromatic rings. The number of quaternary nitrogens is 2. The number of carbonyl (C=O) groups is 1. The predicted octanol–water partition coefficient (Wildman–Crippen LogP) is 0.369. The lowest BCUT2D eigenvalue weighted by Crippen LogP contribution is -3.26. The fraction of sp³-hybridized carbons (Fsp3) is 0.318. The van der Waals surface area contributed by atoms with E-state index < -0.39 is 5.82 Å². The van der Waals surface area contributed by atoms with Crippen LogP contribution in [-0.4, -0.2) is 44.1 Å². The van der Waals surface area contributed by atoms with Gasteiger partial charge in [-0.1, -0.05) is 18.2 Å². The predicted molar refractivity (Wildman–Crippen MR) is 103 cm³/mol. The number of nitrogens with one attached hydrogen (secondary N) is 2. The van der Waals surface area contributed by atoms with Crippen LogP contribution in [-0.2, 0) is 6.54 Å². The highest BCUT2D eigenvalue weighted by Gasteiger charge is 2.35. The molecule has 0 unspecified atom stereocenters. The second-order valence-corrected chi connectivity index (χ2v) is 7.74. The van der Waals surface area contributed by atoms with E-state index in [1.54, 1.807) is 31.2 Å². The van der Waals surface area contributed by atoms with Crippen LogP contribution in [0.5, 0.6) is 11.5 Å². The molecule has 0 bridgehead atoms. The lowest BCUT2D eigenvalue weighted by Gasteiger charge is -2.27. The average Bonchev–Trinajstić information content (AvgIpc) is 2.99. The molecule has 2 aliphatic rings. The van der Waals surface area contributed by atoms with E-state index >= 15 is 0 Å². The number of fused-ring (bicyclic) bond motifs is 1. The van der Waals surface area contributed by atoms with Crippen LogP contribution in [0.25, 0.3) is 6.08 Å². The third-order valence-corrected chi connectivity index (χ3v) is 5.65. The molecule has 0 aromatic heterocycles. The minimum absolute atomic E-state index is 0.0906. The average molecular weight is 384 g/mol. The maximum absolute atomic E-state index is 14.0. The van der Waals surface area contributed by atoms with Crippen molar-refractivity contribution in [3.63, 3.8) is 0 Å². The number of piperazine rings is 1. The first-order valence-electron chi connectivity index (χ1n) is 9.63. The van der Waals surface area contributed by atoms with E-state index in [0.717, 1.165) is 26.2 Å². The summed E-state index contributed by atoms with van der Waals surface area (Å²) in [6, 6.07) is 7.89. The lowest BCUT2D eigenvalue weighted by atomic mass is 9.99. The van der Waals surface area contributed by atoms with Gasteiger partial charge < -0.3 is 19.6 Å². The van der Waals surface area contributed by atoms with Gasteiger partial charge >= 0.3 is 0 Å². The Bertz CT molecular complexity index is 962. The minimum atomic E-state index is -0.411. The largest absolute Gasteiger partial charge is 0.507 e. The van der Waals surface area contributed by atoms with Crippen LogP contribution in [0.2, 0.25) is 0 Å². The molecule has 0 saturated carbocycles. The van der Waals surface area contributed by atoms with E-state index in [2.05, 4.69) is 7.05 Å². The summed E-state index contributed by atoms with van der Waals surface area (Å²) < 4.78 is 19.9. The number of halogens is 1. The quantitative estimate of drug-likeness (QED) is 0.671. The molecule has 4 rings (SSSR count). The standard InChI is InChI=1S/C22H23FN2O3/c1-14-11-18(26)16(13-25-9-7-24(2)8-10-25)22-20(14)21(27)19(28-22)12-15-5-3-4-6-17(15)23/h3-6,11-12,26H,7-10,13H2,1-2H3/p+2/b19-12-. The van der Waals surface area contributed by atoms with E-state index in [-0.39, 0.29) is 17.3 Å². The van der Waals surface area contributed by atoms with E-state index in [0.29, 0.717) is 34.5 Å². The molecule has 28 heavy (non-hydrogen) atoms. The minimum Gasteiger partial charge on any atom is -0.507 e. The molecular formula is C22H25FN2O3+2. The monoisotopic (exact) mass is 384 g/mol. The second-order valence-electron chi connectivity index (χ2n) is 7.74. The van der Waals surface area contributed by atoms with Crippen LogP contribution < -0.4 is 14.5 Å². The number of hydrogen-bond donors (Lipinski definition) is 3. The Hall–Kier alpha value is -2.70. The number of rotatable bonds is 3. The van der Waals surface area contributed by atoms with Crippen molar-refractivity contribution in [2.75, 3.05) is 33.2 Å². The van der Waals surface area contributed by atoms with Crippen molar-refractivity contribution in [3.05, 3.63) is 64.2 Å². The Morgan fingerprint density at radius 1 is 1.21 bits per heavy atom. The van der Waals surface area contributed by atoms with E-state index in [1.165, 1.54) is 21.9 Å². The van der Waals surface area contributed by atoms with Gasteiger partial charge in [0, 0.05) is 5.56 Å². The molecule has 2 aliphatic heterocycles. The maximum Gasteiger partial charge on any atom is 0.232 e. The molecule has 0 spiro atoms. The highest BCUT2D eigenvalue weighted by molar-refractivity contribution is 6.15. The number of phenols is 1. The smallest absolute Gasteiger partial charge is 0.232 e. The maximum atomic E-state index is 14.0. The van der Waals surface area contributed by atoms with Gasteiger partial charge in [0.05, 0.1) is 18.2 Å². The first-order valence-corrected chi connectivity index (χ1v) is 9.63. The van der Waals surface area contributed by atoms with E-state index in [4.69, 9.17) is 4.74 Å². The molecule has 0 radical (unpaired) electrons. The number of aryl methyl sites for hydroxylation is 1. The Labute approximate surface area is 163 Å². The molecule has 3 N–H and O–H groups in total. The highest BCUT2D eigenvalue weighted by atomic mass is 19.1. The zero-order chi connectivity index (χ0) is 19.8. The van der Waals surface area contributed by atoms with Gasteiger partial charge in [-0.05, 0) is 30.7 Å². The van der Waals surface area contributed by atoms with Crippen molar-refractivity contribution in [2.45, 2.75) is 13.5 Å². The Morgan fingerprint density at radius 2 is 1.93 bits per heavy atom. The Morgan fingerprint density at radius 3 is 2.64 bits per heavy atom. The first kappa shape index (κ1) is 18.7. The van der Waals surface area contributed by atoms with Crippen molar-refractivity contribution in [1.29, 1.82) is 0 Å². The number of allylic oxidation sites excluding steroid dienone is 1. The summed E-state index contributed by atoms with van der Waals surface area (Å²) in [6.45, 7) is 6.52. The first-order chi connectivity index (χ1) is 13.4. The van der Waals surface area contributed by atoms with Crippen LogP contribution in [0, 0.1) is 12.7 Å². The molecule has 2 heterocycles. The number of aromatic hydroxyl groups is 1. The topological polar surface area (TPSA) is 55.4 Å². The Balaban J connectivity index is 1.69. The molecular weight excluding hydrogens is 359 g/mol. The molecule has 1 saturated heterocycles. The number of likely N-dealkylation sites (N-methyl/N-ethyl adjacent to an activating group) is 1. The van der Waals surface area contributed by atoms with Gasteiger partial charge in [-0.25, -0.2) is 4.39 Å². The fourth-order valence-electron chi connectivity index (χ4n) is 3.94. The molecule has 2 aromatic carbocycles. The van der Waals surface area contributed by atoms with Crippen LogP contribution in [0.1, 0.15) is 27.0 Å². The molecule has 0 aliphatic carbocycles.